The van der Waals surface area contributed by atoms with Crippen molar-refractivity contribution in [3.05, 3.63) is 46.4 Å². The van der Waals surface area contributed by atoms with Crippen LogP contribution in [0.25, 0.3) is 0 Å². The topological polar surface area (TPSA) is 29.9 Å². The molecule has 1 aromatic carbocycles. The molecule has 0 aliphatic heterocycles. The van der Waals surface area contributed by atoms with Gasteiger partial charge in [0.05, 0.1) is 10.7 Å². The summed E-state index contributed by atoms with van der Waals surface area (Å²) in [6.07, 6.45) is 3.70. The monoisotopic (exact) mass is 283 g/mol. The lowest BCUT2D eigenvalue weighted by Gasteiger charge is -2.05. The molecule has 2 aromatic rings. The smallest absolute Gasteiger partial charge is 0.139 e. The quantitative estimate of drug-likeness (QED) is 0.939. The minimum atomic E-state index is -0.267. The fourth-order valence-corrected chi connectivity index (χ4v) is 1.62. The fraction of sp³-hybridized carbons (Fsp3) is 0.182. The molecule has 0 atom stereocenters. The largest absolute Gasteiger partial charge is 0.381 e. The average Bonchev–Trinajstić information content (AvgIpc) is 2.66. The van der Waals surface area contributed by atoms with Crippen molar-refractivity contribution in [2.75, 3.05) is 5.32 Å². The molecule has 0 saturated carbocycles. The van der Waals surface area contributed by atoms with Crippen LogP contribution in [0.5, 0.6) is 0 Å². The summed E-state index contributed by atoms with van der Waals surface area (Å²) in [5.74, 6) is -0.267. The average molecular weight is 284 g/mol. The number of halogens is 2. The Balaban J connectivity index is 2.02. The first-order valence-electron chi connectivity index (χ1n) is 4.81. The summed E-state index contributed by atoms with van der Waals surface area (Å²) in [6.45, 7) is 0.634. The maximum absolute atomic E-state index is 13.2. The summed E-state index contributed by atoms with van der Waals surface area (Å²) in [4.78, 5) is 0. The van der Waals surface area contributed by atoms with Gasteiger partial charge in [-0.1, -0.05) is 0 Å². The van der Waals surface area contributed by atoms with Gasteiger partial charge in [0, 0.05) is 31.0 Å². The van der Waals surface area contributed by atoms with E-state index in [1.54, 1.807) is 16.9 Å². The number of aromatic nitrogens is 2. The second-order valence-corrected chi connectivity index (χ2v) is 4.36. The number of anilines is 1. The third-order valence-electron chi connectivity index (χ3n) is 2.17. The van der Waals surface area contributed by atoms with Crippen molar-refractivity contribution in [2.45, 2.75) is 6.54 Å². The number of hydrogen-bond acceptors (Lipinski definition) is 2. The molecular weight excluding hydrogens is 273 g/mol. The molecule has 0 amide bonds. The van der Waals surface area contributed by atoms with E-state index in [-0.39, 0.29) is 5.82 Å². The van der Waals surface area contributed by atoms with Crippen LogP contribution < -0.4 is 5.32 Å². The highest BCUT2D eigenvalue weighted by Gasteiger charge is 2.01. The number of benzene rings is 1. The molecule has 0 saturated heterocycles. The van der Waals surface area contributed by atoms with Crippen molar-refractivity contribution in [3.63, 3.8) is 0 Å². The van der Waals surface area contributed by atoms with Crippen LogP contribution in [0, 0.1) is 5.82 Å². The Bertz CT molecular complexity index is 496. The SMILES string of the molecule is Cn1cc(CNc2ccc(Br)c(F)c2)cn1. The fourth-order valence-electron chi connectivity index (χ4n) is 1.37. The molecule has 0 aliphatic carbocycles. The van der Waals surface area contributed by atoms with Crippen LogP contribution in [-0.4, -0.2) is 9.78 Å². The van der Waals surface area contributed by atoms with E-state index in [9.17, 15) is 4.39 Å². The second kappa shape index (κ2) is 4.65. The van der Waals surface area contributed by atoms with E-state index in [0.717, 1.165) is 11.3 Å². The third-order valence-corrected chi connectivity index (χ3v) is 2.82. The molecule has 2 rings (SSSR count). The molecule has 0 bridgehead atoms. The summed E-state index contributed by atoms with van der Waals surface area (Å²) in [7, 11) is 1.86. The lowest BCUT2D eigenvalue weighted by Crippen LogP contribution is -1.98. The summed E-state index contributed by atoms with van der Waals surface area (Å²) in [5, 5.41) is 7.18. The minimum Gasteiger partial charge on any atom is -0.381 e. The minimum absolute atomic E-state index is 0.267. The molecule has 0 unspecified atom stereocenters. The van der Waals surface area contributed by atoms with E-state index in [1.807, 2.05) is 19.3 Å². The Hall–Kier alpha value is -1.36. The van der Waals surface area contributed by atoms with E-state index in [2.05, 4.69) is 26.3 Å². The molecule has 3 nitrogen and oxygen atoms in total. The molecule has 0 spiro atoms. The predicted molar refractivity (Wildman–Crippen MR) is 64.6 cm³/mol. The zero-order valence-corrected chi connectivity index (χ0v) is 10.3. The van der Waals surface area contributed by atoms with Crippen LogP contribution in [0.4, 0.5) is 10.1 Å². The van der Waals surface area contributed by atoms with E-state index < -0.39 is 0 Å². The van der Waals surface area contributed by atoms with Gasteiger partial charge in [-0.05, 0) is 34.1 Å². The molecular formula is C11H11BrFN3. The highest BCUT2D eigenvalue weighted by molar-refractivity contribution is 9.10. The first-order chi connectivity index (χ1) is 7.65. The second-order valence-electron chi connectivity index (χ2n) is 3.50. The number of rotatable bonds is 3. The standard InChI is InChI=1S/C11H11BrFN3/c1-16-7-8(6-15-16)5-14-9-2-3-10(12)11(13)4-9/h2-4,6-7,14H,5H2,1H3. The van der Waals surface area contributed by atoms with E-state index in [1.165, 1.54) is 6.07 Å². The van der Waals surface area contributed by atoms with Gasteiger partial charge in [-0.25, -0.2) is 4.39 Å². The molecule has 5 heteroatoms. The summed E-state index contributed by atoms with van der Waals surface area (Å²) >= 11 is 3.11. The zero-order valence-electron chi connectivity index (χ0n) is 8.74. The van der Waals surface area contributed by atoms with Gasteiger partial charge in [-0.2, -0.15) is 5.10 Å². The molecule has 1 aromatic heterocycles. The number of aryl methyl sites for hydroxylation is 1. The van der Waals surface area contributed by atoms with Gasteiger partial charge in [-0.3, -0.25) is 4.68 Å². The first-order valence-corrected chi connectivity index (χ1v) is 5.61. The summed E-state index contributed by atoms with van der Waals surface area (Å²) < 4.78 is 15.4. The molecule has 1 N–H and O–H groups in total. The van der Waals surface area contributed by atoms with Crippen molar-refractivity contribution in [3.8, 4) is 0 Å². The van der Waals surface area contributed by atoms with Gasteiger partial charge in [0.25, 0.3) is 0 Å². The number of nitrogens with zero attached hydrogens (tertiary/aromatic N) is 2. The molecule has 0 fully saturated rings. The molecule has 1 heterocycles. The Morgan fingerprint density at radius 1 is 1.50 bits per heavy atom. The summed E-state index contributed by atoms with van der Waals surface area (Å²) in [6, 6.07) is 4.96. The van der Waals surface area contributed by atoms with E-state index in [4.69, 9.17) is 0 Å². The van der Waals surface area contributed by atoms with Crippen molar-refractivity contribution < 1.29 is 4.39 Å². The highest BCUT2D eigenvalue weighted by Crippen LogP contribution is 2.19. The van der Waals surface area contributed by atoms with Gasteiger partial charge in [0.2, 0.25) is 0 Å². The van der Waals surface area contributed by atoms with Crippen LogP contribution in [0.15, 0.2) is 35.1 Å². The van der Waals surface area contributed by atoms with Crippen molar-refractivity contribution in [1.82, 2.24) is 9.78 Å². The molecule has 84 valence electrons. The van der Waals surface area contributed by atoms with Crippen LogP contribution in [-0.2, 0) is 13.6 Å². The van der Waals surface area contributed by atoms with Crippen molar-refractivity contribution in [2.24, 2.45) is 7.05 Å². The van der Waals surface area contributed by atoms with Crippen molar-refractivity contribution in [1.29, 1.82) is 0 Å². The highest BCUT2D eigenvalue weighted by atomic mass is 79.9. The van der Waals surface area contributed by atoms with Crippen LogP contribution in [0.3, 0.4) is 0 Å². The van der Waals surface area contributed by atoms with Crippen LogP contribution in [0.2, 0.25) is 0 Å². The molecule has 16 heavy (non-hydrogen) atoms. The zero-order chi connectivity index (χ0) is 11.5. The van der Waals surface area contributed by atoms with E-state index in [0.29, 0.717) is 11.0 Å². The summed E-state index contributed by atoms with van der Waals surface area (Å²) in [5.41, 5.74) is 1.82. The van der Waals surface area contributed by atoms with Crippen molar-refractivity contribution >= 4 is 21.6 Å². The maximum Gasteiger partial charge on any atom is 0.139 e. The molecule has 0 radical (unpaired) electrons. The van der Waals surface area contributed by atoms with Gasteiger partial charge >= 0.3 is 0 Å². The normalized spacial score (nSPS) is 10.4. The third kappa shape index (κ3) is 2.61. The number of hydrogen-bond donors (Lipinski definition) is 1. The Morgan fingerprint density at radius 2 is 2.31 bits per heavy atom. The Morgan fingerprint density at radius 3 is 2.94 bits per heavy atom. The molecule has 0 aliphatic rings. The Labute approximate surface area is 101 Å². The van der Waals surface area contributed by atoms with Gasteiger partial charge in [-0.15, -0.1) is 0 Å². The van der Waals surface area contributed by atoms with Gasteiger partial charge in [0.15, 0.2) is 0 Å². The van der Waals surface area contributed by atoms with Crippen LogP contribution >= 0.6 is 15.9 Å². The van der Waals surface area contributed by atoms with Gasteiger partial charge < -0.3 is 5.32 Å². The lowest BCUT2D eigenvalue weighted by atomic mass is 10.3. The van der Waals surface area contributed by atoms with Crippen LogP contribution in [0.1, 0.15) is 5.56 Å². The predicted octanol–water partition coefficient (Wildman–Crippen LogP) is 2.93. The maximum atomic E-state index is 13.2. The van der Waals surface area contributed by atoms with E-state index >= 15 is 0 Å². The Kier molecular flexibility index (Phi) is 3.24. The van der Waals surface area contributed by atoms with Gasteiger partial charge in [0.1, 0.15) is 5.82 Å². The first kappa shape index (κ1) is 11.1. The lowest BCUT2D eigenvalue weighted by molar-refractivity contribution is 0.621. The number of nitrogens with one attached hydrogen (secondary N) is 1.